The van der Waals surface area contributed by atoms with Gasteiger partial charge in [0.2, 0.25) is 5.89 Å². The van der Waals surface area contributed by atoms with Gasteiger partial charge in [0.1, 0.15) is 11.3 Å². The number of hydrogen-bond acceptors (Lipinski definition) is 7. The molecule has 0 N–H and O–H groups in total. The van der Waals surface area contributed by atoms with Gasteiger partial charge in [-0.25, -0.2) is 9.59 Å². The van der Waals surface area contributed by atoms with E-state index in [2.05, 4.69) is 10.2 Å². The lowest BCUT2D eigenvalue weighted by Gasteiger charge is -2.11. The Morgan fingerprint density at radius 1 is 1.08 bits per heavy atom. The summed E-state index contributed by atoms with van der Waals surface area (Å²) in [6.07, 6.45) is -0.750. The Hall–Kier alpha value is -3.22. The maximum absolute atomic E-state index is 12.4. The van der Waals surface area contributed by atoms with E-state index >= 15 is 0 Å². The molecule has 0 amide bonds. The average Bonchev–Trinajstić information content (AvgIpc) is 3.04. The lowest BCUT2D eigenvalue weighted by molar-refractivity contribution is 0.0274. The standard InChI is InChI=1S/C19H18N2O5/c1-10-5-7-14(8-6-10)18-21-20-17(26-18)13(4)25-19(23)16-11(2)9-15(22)24-12(16)3/h5-9,13H,1-4H3. The molecule has 0 spiro atoms. The largest absolute Gasteiger partial charge is 0.449 e. The van der Waals surface area contributed by atoms with Crippen molar-refractivity contribution in [1.29, 1.82) is 0 Å². The Labute approximate surface area is 149 Å². The first kappa shape index (κ1) is 17.6. The minimum absolute atomic E-state index is 0.182. The number of benzene rings is 1. The highest BCUT2D eigenvalue weighted by molar-refractivity contribution is 5.91. The minimum Gasteiger partial charge on any atom is -0.449 e. The molecule has 134 valence electrons. The Bertz CT molecular complexity index is 975. The molecule has 1 unspecified atom stereocenters. The van der Waals surface area contributed by atoms with Crippen LogP contribution in [0.1, 0.15) is 46.2 Å². The molecule has 0 aliphatic rings. The number of ether oxygens (including phenoxy) is 1. The van der Waals surface area contributed by atoms with Crippen LogP contribution in [0.3, 0.4) is 0 Å². The van der Waals surface area contributed by atoms with E-state index in [9.17, 15) is 9.59 Å². The van der Waals surface area contributed by atoms with Crippen molar-refractivity contribution in [3.05, 3.63) is 69.1 Å². The van der Waals surface area contributed by atoms with Crippen LogP contribution in [0.2, 0.25) is 0 Å². The number of hydrogen-bond donors (Lipinski definition) is 0. The lowest BCUT2D eigenvalue weighted by Crippen LogP contribution is -2.15. The molecule has 26 heavy (non-hydrogen) atoms. The van der Waals surface area contributed by atoms with Gasteiger partial charge in [0.15, 0.2) is 6.10 Å². The number of esters is 1. The van der Waals surface area contributed by atoms with Crippen molar-refractivity contribution in [2.45, 2.75) is 33.8 Å². The monoisotopic (exact) mass is 354 g/mol. The fourth-order valence-corrected chi connectivity index (χ4v) is 2.54. The van der Waals surface area contributed by atoms with Crippen molar-refractivity contribution in [3.63, 3.8) is 0 Å². The molecule has 0 bridgehead atoms. The van der Waals surface area contributed by atoms with Crippen LogP contribution in [0.15, 0.2) is 44.0 Å². The Kier molecular flexibility index (Phi) is 4.71. The van der Waals surface area contributed by atoms with Gasteiger partial charge >= 0.3 is 11.6 Å². The van der Waals surface area contributed by atoms with Crippen molar-refractivity contribution >= 4 is 5.97 Å². The van der Waals surface area contributed by atoms with Gasteiger partial charge in [0.05, 0.1) is 0 Å². The van der Waals surface area contributed by atoms with Gasteiger partial charge in [-0.1, -0.05) is 17.7 Å². The molecule has 2 heterocycles. The lowest BCUT2D eigenvalue weighted by atomic mass is 10.1. The SMILES string of the molecule is Cc1ccc(-c2nnc(C(C)OC(=O)c3c(C)cc(=O)oc3C)o2)cc1. The molecule has 7 heteroatoms. The second-order valence-electron chi connectivity index (χ2n) is 6.04. The van der Waals surface area contributed by atoms with Crippen molar-refractivity contribution < 1.29 is 18.4 Å². The number of aromatic nitrogens is 2. The summed E-state index contributed by atoms with van der Waals surface area (Å²) in [6, 6.07) is 8.88. The zero-order valence-electron chi connectivity index (χ0n) is 14.9. The topological polar surface area (TPSA) is 95.4 Å². The van der Waals surface area contributed by atoms with E-state index in [1.54, 1.807) is 13.8 Å². The van der Waals surface area contributed by atoms with Crippen molar-refractivity contribution in [1.82, 2.24) is 10.2 Å². The fraction of sp³-hybridized carbons (Fsp3) is 0.263. The summed E-state index contributed by atoms with van der Waals surface area (Å²) in [5.41, 5.74) is 2.10. The zero-order chi connectivity index (χ0) is 18.8. The molecule has 2 aromatic heterocycles. The van der Waals surface area contributed by atoms with E-state index < -0.39 is 17.7 Å². The van der Waals surface area contributed by atoms with E-state index in [0.29, 0.717) is 11.5 Å². The molecule has 1 aromatic carbocycles. The van der Waals surface area contributed by atoms with Gasteiger partial charge < -0.3 is 13.6 Å². The second kappa shape index (κ2) is 6.95. The second-order valence-corrected chi connectivity index (χ2v) is 6.04. The Morgan fingerprint density at radius 2 is 1.77 bits per heavy atom. The van der Waals surface area contributed by atoms with Gasteiger partial charge in [-0.2, -0.15) is 0 Å². The molecule has 0 saturated carbocycles. The maximum Gasteiger partial charge on any atom is 0.342 e. The van der Waals surface area contributed by atoms with E-state index in [0.717, 1.165) is 11.1 Å². The van der Waals surface area contributed by atoms with Crippen LogP contribution >= 0.6 is 0 Å². The van der Waals surface area contributed by atoms with Crippen molar-refractivity contribution in [3.8, 4) is 11.5 Å². The molecule has 0 aliphatic carbocycles. The van der Waals surface area contributed by atoms with E-state index in [-0.39, 0.29) is 17.2 Å². The van der Waals surface area contributed by atoms with Gasteiger partial charge in [-0.3, -0.25) is 0 Å². The molecular formula is C19H18N2O5. The van der Waals surface area contributed by atoms with Crippen LogP contribution in [-0.4, -0.2) is 16.2 Å². The predicted octanol–water partition coefficient (Wildman–Crippen LogP) is 3.53. The molecule has 3 rings (SSSR count). The third-order valence-corrected chi connectivity index (χ3v) is 3.91. The van der Waals surface area contributed by atoms with Crippen LogP contribution < -0.4 is 5.63 Å². The average molecular weight is 354 g/mol. The number of carbonyl (C=O) groups is 1. The van der Waals surface area contributed by atoms with Gasteiger partial charge in [-0.05, 0) is 45.4 Å². The Morgan fingerprint density at radius 3 is 2.42 bits per heavy atom. The Balaban J connectivity index is 1.78. The molecule has 0 saturated heterocycles. The molecule has 1 atom stereocenters. The quantitative estimate of drug-likeness (QED) is 0.661. The third kappa shape index (κ3) is 3.56. The molecular weight excluding hydrogens is 336 g/mol. The fourth-order valence-electron chi connectivity index (χ4n) is 2.54. The predicted molar refractivity (Wildman–Crippen MR) is 92.8 cm³/mol. The molecule has 0 aliphatic heterocycles. The highest BCUT2D eigenvalue weighted by atomic mass is 16.6. The number of rotatable bonds is 4. The third-order valence-electron chi connectivity index (χ3n) is 3.91. The first-order valence-corrected chi connectivity index (χ1v) is 8.08. The van der Waals surface area contributed by atoms with Crippen LogP contribution in [0.25, 0.3) is 11.5 Å². The van der Waals surface area contributed by atoms with Gasteiger partial charge in [-0.15, -0.1) is 10.2 Å². The highest BCUT2D eigenvalue weighted by Crippen LogP contribution is 2.24. The van der Waals surface area contributed by atoms with Crippen LogP contribution in [-0.2, 0) is 4.74 Å². The van der Waals surface area contributed by atoms with Crippen molar-refractivity contribution in [2.24, 2.45) is 0 Å². The van der Waals surface area contributed by atoms with Crippen molar-refractivity contribution in [2.75, 3.05) is 0 Å². The molecule has 7 nitrogen and oxygen atoms in total. The first-order chi connectivity index (χ1) is 12.3. The smallest absolute Gasteiger partial charge is 0.342 e. The normalized spacial score (nSPS) is 12.0. The van der Waals surface area contributed by atoms with Crippen LogP contribution in [0, 0.1) is 20.8 Å². The molecule has 0 fully saturated rings. The van der Waals surface area contributed by atoms with Crippen LogP contribution in [0.5, 0.6) is 0 Å². The van der Waals surface area contributed by atoms with Crippen LogP contribution in [0.4, 0.5) is 0 Å². The van der Waals surface area contributed by atoms with E-state index in [1.165, 1.54) is 13.0 Å². The number of aryl methyl sites for hydroxylation is 3. The summed E-state index contributed by atoms with van der Waals surface area (Å²) < 4.78 is 16.0. The number of carbonyl (C=O) groups excluding carboxylic acids is 1. The van der Waals surface area contributed by atoms with Gasteiger partial charge in [0.25, 0.3) is 5.89 Å². The molecule has 3 aromatic rings. The maximum atomic E-state index is 12.4. The summed E-state index contributed by atoms with van der Waals surface area (Å²) in [7, 11) is 0. The number of nitrogens with zero attached hydrogens (tertiary/aromatic N) is 2. The van der Waals surface area contributed by atoms with E-state index in [1.807, 2.05) is 31.2 Å². The summed E-state index contributed by atoms with van der Waals surface area (Å²) in [5.74, 6) is 0.118. The summed E-state index contributed by atoms with van der Waals surface area (Å²) >= 11 is 0. The van der Waals surface area contributed by atoms with Gasteiger partial charge in [0, 0.05) is 11.6 Å². The molecule has 0 radical (unpaired) electrons. The highest BCUT2D eigenvalue weighted by Gasteiger charge is 2.23. The zero-order valence-corrected chi connectivity index (χ0v) is 14.9. The van der Waals surface area contributed by atoms with E-state index in [4.69, 9.17) is 13.6 Å². The first-order valence-electron chi connectivity index (χ1n) is 8.08. The minimum atomic E-state index is -0.750. The summed E-state index contributed by atoms with van der Waals surface area (Å²) in [5, 5.41) is 7.95. The summed E-state index contributed by atoms with van der Waals surface area (Å²) in [4.78, 5) is 23.8. The summed E-state index contributed by atoms with van der Waals surface area (Å²) in [6.45, 7) is 6.81.